The Labute approximate surface area is 190 Å². The van der Waals surface area contributed by atoms with Crippen LogP contribution in [0.3, 0.4) is 0 Å². The number of anilines is 2. The summed E-state index contributed by atoms with van der Waals surface area (Å²) in [6, 6.07) is 12.2. The molecule has 0 spiro atoms. The molecule has 0 bridgehead atoms. The van der Waals surface area contributed by atoms with E-state index in [1.54, 1.807) is 30.4 Å². The lowest BCUT2D eigenvalue weighted by atomic mass is 10.1. The predicted molar refractivity (Wildman–Crippen MR) is 129 cm³/mol. The lowest BCUT2D eigenvalue weighted by Crippen LogP contribution is -2.43. The molecule has 0 radical (unpaired) electrons. The number of aromatic nitrogens is 2. The maximum atomic E-state index is 12.8. The van der Waals surface area contributed by atoms with Crippen molar-refractivity contribution in [2.75, 3.05) is 42.1 Å². The standard InChI is InChI=1S/C24H23N5O2S/c30-23(28-19-14-26-9-8-20(19)29-12-10-25-11-13-29)24-27-15-21(31-24)22-7-6-18(16-32-22)17-4-2-1-3-5-17/h1-9,14-15,25H,10-13,16H2,(H,28,30). The number of nitrogens with one attached hydrogen (secondary N) is 2. The van der Waals surface area contributed by atoms with Crippen LogP contribution in [0.25, 0.3) is 10.5 Å². The van der Waals surface area contributed by atoms with Gasteiger partial charge in [0, 0.05) is 38.1 Å². The number of thioether (sulfide) groups is 1. The molecule has 5 rings (SSSR count). The van der Waals surface area contributed by atoms with Gasteiger partial charge in [-0.25, -0.2) is 4.98 Å². The van der Waals surface area contributed by atoms with Crippen LogP contribution < -0.4 is 15.5 Å². The molecule has 7 nitrogen and oxygen atoms in total. The van der Waals surface area contributed by atoms with Crippen LogP contribution >= 0.6 is 11.8 Å². The number of rotatable bonds is 5. The molecule has 2 aliphatic rings. The molecule has 4 heterocycles. The summed E-state index contributed by atoms with van der Waals surface area (Å²) in [6.45, 7) is 3.57. The average molecular weight is 446 g/mol. The summed E-state index contributed by atoms with van der Waals surface area (Å²) >= 11 is 1.67. The Balaban J connectivity index is 1.30. The minimum Gasteiger partial charge on any atom is -0.432 e. The van der Waals surface area contributed by atoms with Crippen molar-refractivity contribution < 1.29 is 9.21 Å². The largest absolute Gasteiger partial charge is 0.432 e. The second-order valence-electron chi connectivity index (χ2n) is 7.49. The van der Waals surface area contributed by atoms with E-state index < -0.39 is 0 Å². The van der Waals surface area contributed by atoms with E-state index in [0.29, 0.717) is 11.4 Å². The first kappa shape index (κ1) is 20.5. The highest BCUT2D eigenvalue weighted by Crippen LogP contribution is 2.36. The third kappa shape index (κ3) is 4.46. The monoisotopic (exact) mass is 445 g/mol. The van der Waals surface area contributed by atoms with Gasteiger partial charge in [-0.05, 0) is 23.3 Å². The molecular weight excluding hydrogens is 422 g/mol. The minimum absolute atomic E-state index is 0.0365. The van der Waals surface area contributed by atoms with Crippen LogP contribution in [0.4, 0.5) is 11.4 Å². The first-order valence-corrected chi connectivity index (χ1v) is 11.5. The Kier molecular flexibility index (Phi) is 6.04. The van der Waals surface area contributed by atoms with Crippen LogP contribution in [0, 0.1) is 0 Å². The van der Waals surface area contributed by atoms with Gasteiger partial charge in [0.05, 0.1) is 28.7 Å². The maximum Gasteiger partial charge on any atom is 0.311 e. The number of allylic oxidation sites excluding steroid dienone is 2. The van der Waals surface area contributed by atoms with Crippen molar-refractivity contribution in [1.29, 1.82) is 0 Å². The van der Waals surface area contributed by atoms with Crippen molar-refractivity contribution in [1.82, 2.24) is 15.3 Å². The van der Waals surface area contributed by atoms with Crippen LogP contribution in [-0.4, -0.2) is 47.8 Å². The SMILES string of the molecule is O=C(Nc1cnccc1N1CCNCC1)c1ncc(C2=CC=C(c3ccccc3)CS2)o1. The fourth-order valence-corrected chi connectivity index (χ4v) is 4.72. The number of pyridine rings is 1. The van der Waals surface area contributed by atoms with E-state index in [2.05, 4.69) is 43.7 Å². The molecule has 32 heavy (non-hydrogen) atoms. The molecule has 2 aromatic heterocycles. The van der Waals surface area contributed by atoms with Gasteiger partial charge in [-0.15, -0.1) is 11.8 Å². The Morgan fingerprint density at radius 3 is 2.72 bits per heavy atom. The summed E-state index contributed by atoms with van der Waals surface area (Å²) in [7, 11) is 0. The van der Waals surface area contributed by atoms with Crippen molar-refractivity contribution in [2.24, 2.45) is 0 Å². The van der Waals surface area contributed by atoms with Crippen LogP contribution in [0.1, 0.15) is 22.0 Å². The quantitative estimate of drug-likeness (QED) is 0.616. The number of amides is 1. The Bertz CT molecular complexity index is 1170. The van der Waals surface area contributed by atoms with Gasteiger partial charge in [0.25, 0.3) is 5.89 Å². The zero-order valence-corrected chi connectivity index (χ0v) is 18.3. The number of carbonyl (C=O) groups excluding carboxylic acids is 1. The molecule has 1 fully saturated rings. The highest BCUT2D eigenvalue weighted by molar-refractivity contribution is 8.08. The van der Waals surface area contributed by atoms with Crippen molar-refractivity contribution >= 4 is 39.5 Å². The molecule has 2 aliphatic heterocycles. The Morgan fingerprint density at radius 2 is 1.94 bits per heavy atom. The summed E-state index contributed by atoms with van der Waals surface area (Å²) in [5.74, 6) is 1.08. The van der Waals surface area contributed by atoms with Gasteiger partial charge in [-0.2, -0.15) is 0 Å². The van der Waals surface area contributed by atoms with E-state index in [-0.39, 0.29) is 11.8 Å². The molecule has 0 saturated carbocycles. The molecule has 1 aromatic carbocycles. The van der Waals surface area contributed by atoms with Crippen LogP contribution in [0.15, 0.2) is 71.6 Å². The maximum absolute atomic E-state index is 12.8. The topological polar surface area (TPSA) is 83.3 Å². The molecule has 1 amide bonds. The third-order valence-electron chi connectivity index (χ3n) is 5.41. The first-order chi connectivity index (χ1) is 15.8. The van der Waals surface area contributed by atoms with Gasteiger partial charge in [0.15, 0.2) is 5.76 Å². The van der Waals surface area contributed by atoms with Crippen molar-refractivity contribution in [3.63, 3.8) is 0 Å². The zero-order chi connectivity index (χ0) is 21.8. The van der Waals surface area contributed by atoms with Gasteiger partial charge in [0.1, 0.15) is 0 Å². The number of nitrogens with zero attached hydrogens (tertiary/aromatic N) is 3. The third-order valence-corrected chi connectivity index (χ3v) is 6.51. The highest BCUT2D eigenvalue weighted by atomic mass is 32.2. The molecule has 3 aromatic rings. The first-order valence-electron chi connectivity index (χ1n) is 10.5. The fourth-order valence-electron chi connectivity index (χ4n) is 3.75. The number of benzene rings is 1. The molecule has 2 N–H and O–H groups in total. The van der Waals surface area contributed by atoms with E-state index >= 15 is 0 Å². The summed E-state index contributed by atoms with van der Waals surface area (Å²) in [5, 5.41) is 6.25. The van der Waals surface area contributed by atoms with E-state index in [4.69, 9.17) is 4.42 Å². The Hall–Kier alpha value is -3.36. The highest BCUT2D eigenvalue weighted by Gasteiger charge is 2.20. The zero-order valence-electron chi connectivity index (χ0n) is 17.5. The number of hydrogen-bond donors (Lipinski definition) is 2. The van der Waals surface area contributed by atoms with Crippen LogP contribution in [-0.2, 0) is 0 Å². The molecule has 0 unspecified atom stereocenters. The Morgan fingerprint density at radius 1 is 1.09 bits per heavy atom. The molecule has 8 heteroatoms. The minimum atomic E-state index is -0.387. The van der Waals surface area contributed by atoms with Gasteiger partial charge < -0.3 is 20.0 Å². The predicted octanol–water partition coefficient (Wildman–Crippen LogP) is 3.90. The van der Waals surface area contributed by atoms with Crippen molar-refractivity contribution in [2.45, 2.75) is 0 Å². The van der Waals surface area contributed by atoms with Crippen LogP contribution in [0.2, 0.25) is 0 Å². The fraction of sp³-hybridized carbons (Fsp3) is 0.208. The molecular formula is C24H23N5O2S. The molecule has 0 atom stereocenters. The lowest BCUT2D eigenvalue weighted by molar-refractivity contribution is 0.0990. The summed E-state index contributed by atoms with van der Waals surface area (Å²) in [5.41, 5.74) is 4.07. The van der Waals surface area contributed by atoms with Gasteiger partial charge in [-0.1, -0.05) is 36.4 Å². The normalized spacial score (nSPS) is 16.3. The van der Waals surface area contributed by atoms with Gasteiger partial charge in [0.2, 0.25) is 0 Å². The summed E-state index contributed by atoms with van der Waals surface area (Å²) in [4.78, 5) is 24.4. The smallest absolute Gasteiger partial charge is 0.311 e. The van der Waals surface area contributed by atoms with Crippen LogP contribution in [0.5, 0.6) is 0 Å². The second-order valence-corrected chi connectivity index (χ2v) is 8.51. The molecule has 162 valence electrons. The van der Waals surface area contributed by atoms with E-state index in [1.165, 1.54) is 11.1 Å². The van der Waals surface area contributed by atoms with E-state index in [1.807, 2.05) is 30.3 Å². The molecule has 0 aliphatic carbocycles. The van der Waals surface area contributed by atoms with Crippen molar-refractivity contribution in [3.8, 4) is 0 Å². The van der Waals surface area contributed by atoms with E-state index in [0.717, 1.165) is 42.5 Å². The van der Waals surface area contributed by atoms with Crippen molar-refractivity contribution in [3.05, 3.63) is 84.4 Å². The number of carbonyl (C=O) groups is 1. The lowest BCUT2D eigenvalue weighted by Gasteiger charge is -2.30. The van der Waals surface area contributed by atoms with Gasteiger partial charge >= 0.3 is 5.91 Å². The molecule has 1 saturated heterocycles. The number of hydrogen-bond acceptors (Lipinski definition) is 7. The second kappa shape index (κ2) is 9.42. The van der Waals surface area contributed by atoms with E-state index in [9.17, 15) is 4.79 Å². The summed E-state index contributed by atoms with van der Waals surface area (Å²) in [6.07, 6.45) is 9.12. The number of oxazole rings is 1. The number of piperazine rings is 1. The van der Waals surface area contributed by atoms with Gasteiger partial charge in [-0.3, -0.25) is 9.78 Å². The summed E-state index contributed by atoms with van der Waals surface area (Å²) < 4.78 is 5.80. The average Bonchev–Trinajstić information content (AvgIpc) is 3.36.